The van der Waals surface area contributed by atoms with Crippen LogP contribution in [0.3, 0.4) is 0 Å². The summed E-state index contributed by atoms with van der Waals surface area (Å²) in [5.74, 6) is 0. The van der Waals surface area contributed by atoms with Crippen molar-refractivity contribution in [1.29, 1.82) is 0 Å². The fourth-order valence-corrected chi connectivity index (χ4v) is 3.04. The third-order valence-corrected chi connectivity index (χ3v) is 3.96. The molecular weight excluding hydrogens is 210 g/mol. The lowest BCUT2D eigenvalue weighted by atomic mass is 10.1. The minimum absolute atomic E-state index is 0.542. The molecule has 0 aromatic heterocycles. The molecule has 3 heteroatoms. The average Bonchev–Trinajstić information content (AvgIpc) is 2.59. The van der Waals surface area contributed by atoms with Gasteiger partial charge in [0.05, 0.1) is 6.17 Å². The predicted molar refractivity (Wildman–Crippen MR) is 71.3 cm³/mol. The van der Waals surface area contributed by atoms with E-state index in [1.54, 1.807) is 0 Å². The molecule has 92 valence electrons. The Kier molecular flexibility index (Phi) is 2.81. The van der Waals surface area contributed by atoms with Gasteiger partial charge in [-0.1, -0.05) is 12.1 Å². The number of rotatable bonds is 2. The first-order chi connectivity index (χ1) is 8.25. The van der Waals surface area contributed by atoms with E-state index in [9.17, 15) is 0 Å². The second kappa shape index (κ2) is 4.31. The molecule has 3 rings (SSSR count). The molecule has 2 heterocycles. The Morgan fingerprint density at radius 1 is 0.941 bits per heavy atom. The summed E-state index contributed by atoms with van der Waals surface area (Å²) in [4.78, 5) is 7.36. The molecule has 2 atom stereocenters. The van der Waals surface area contributed by atoms with Gasteiger partial charge in [-0.25, -0.2) is 0 Å². The van der Waals surface area contributed by atoms with Gasteiger partial charge in [-0.3, -0.25) is 9.80 Å². The Hall–Kier alpha value is -1.06. The zero-order chi connectivity index (χ0) is 11.8. The summed E-state index contributed by atoms with van der Waals surface area (Å²) in [5.41, 5.74) is 2.73. The van der Waals surface area contributed by atoms with E-state index in [1.807, 2.05) is 0 Å². The Morgan fingerprint density at radius 3 is 2.06 bits per heavy atom. The first kappa shape index (κ1) is 11.1. The maximum atomic E-state index is 2.61. The maximum Gasteiger partial charge on any atom is 0.0887 e. The van der Waals surface area contributed by atoms with Crippen molar-refractivity contribution in [2.45, 2.75) is 12.6 Å². The van der Waals surface area contributed by atoms with Crippen molar-refractivity contribution in [1.82, 2.24) is 9.80 Å². The van der Waals surface area contributed by atoms with Crippen LogP contribution < -0.4 is 4.90 Å². The smallest absolute Gasteiger partial charge is 0.0887 e. The molecule has 0 saturated carbocycles. The highest BCUT2D eigenvalue weighted by Crippen LogP contribution is 2.33. The lowest BCUT2D eigenvalue weighted by molar-refractivity contribution is 0.0928. The number of hydrogen-bond donors (Lipinski definition) is 0. The van der Waals surface area contributed by atoms with Crippen LogP contribution in [0.15, 0.2) is 24.3 Å². The van der Waals surface area contributed by atoms with Gasteiger partial charge in [0.15, 0.2) is 0 Å². The monoisotopic (exact) mass is 231 g/mol. The molecule has 1 aromatic carbocycles. The zero-order valence-corrected chi connectivity index (χ0v) is 10.8. The quantitative estimate of drug-likeness (QED) is 0.768. The summed E-state index contributed by atoms with van der Waals surface area (Å²) < 4.78 is 0. The van der Waals surface area contributed by atoms with Crippen molar-refractivity contribution in [3.8, 4) is 0 Å². The first-order valence-corrected chi connectivity index (χ1v) is 6.51. The minimum Gasteiger partial charge on any atom is -0.378 e. The van der Waals surface area contributed by atoms with E-state index in [2.05, 4.69) is 53.1 Å². The molecule has 2 unspecified atom stereocenters. The van der Waals surface area contributed by atoms with Crippen molar-refractivity contribution in [2.75, 3.05) is 45.2 Å². The Balaban J connectivity index is 1.84. The van der Waals surface area contributed by atoms with Gasteiger partial charge in [0.1, 0.15) is 0 Å². The highest BCUT2D eigenvalue weighted by molar-refractivity contribution is 5.46. The number of fused-ring (bicyclic) bond motifs is 2. The number of benzene rings is 1. The van der Waals surface area contributed by atoms with Gasteiger partial charge >= 0.3 is 0 Å². The Labute approximate surface area is 104 Å². The second-order valence-electron chi connectivity index (χ2n) is 5.29. The summed E-state index contributed by atoms with van der Waals surface area (Å²) in [6.45, 7) is 4.99. The van der Waals surface area contributed by atoms with Crippen LogP contribution in [0, 0.1) is 0 Å². The topological polar surface area (TPSA) is 9.72 Å². The summed E-state index contributed by atoms with van der Waals surface area (Å²) in [5, 5.41) is 0. The molecule has 2 aliphatic heterocycles. The molecule has 0 amide bonds. The van der Waals surface area contributed by atoms with Gasteiger partial charge in [-0.2, -0.15) is 0 Å². The molecule has 3 nitrogen and oxygen atoms in total. The summed E-state index contributed by atoms with van der Waals surface area (Å²) in [7, 11) is 4.18. The zero-order valence-electron chi connectivity index (χ0n) is 10.8. The van der Waals surface area contributed by atoms with Crippen LogP contribution in [0.4, 0.5) is 5.69 Å². The maximum absolute atomic E-state index is 2.61. The average molecular weight is 231 g/mol. The van der Waals surface area contributed by atoms with Crippen LogP contribution in [-0.2, 0) is 0 Å². The normalized spacial score (nSPS) is 31.5. The number of hydrogen-bond acceptors (Lipinski definition) is 3. The van der Waals surface area contributed by atoms with Crippen molar-refractivity contribution >= 4 is 5.69 Å². The SMILES string of the molecule is CN(C)c1ccc(C2N3CCCN2CC3)cc1. The largest absolute Gasteiger partial charge is 0.378 e. The van der Waals surface area contributed by atoms with Crippen LogP contribution in [0.25, 0.3) is 0 Å². The van der Waals surface area contributed by atoms with Gasteiger partial charge in [0.25, 0.3) is 0 Å². The van der Waals surface area contributed by atoms with E-state index in [0.29, 0.717) is 6.17 Å². The molecule has 0 radical (unpaired) electrons. The fourth-order valence-electron chi connectivity index (χ4n) is 3.04. The molecule has 2 fully saturated rings. The highest BCUT2D eigenvalue weighted by atomic mass is 15.4. The van der Waals surface area contributed by atoms with Crippen molar-refractivity contribution in [2.24, 2.45) is 0 Å². The van der Waals surface area contributed by atoms with E-state index < -0.39 is 0 Å². The molecule has 17 heavy (non-hydrogen) atoms. The molecule has 0 N–H and O–H groups in total. The van der Waals surface area contributed by atoms with E-state index in [1.165, 1.54) is 43.9 Å². The third kappa shape index (κ3) is 1.94. The second-order valence-corrected chi connectivity index (χ2v) is 5.29. The first-order valence-electron chi connectivity index (χ1n) is 6.51. The van der Waals surface area contributed by atoms with Crippen molar-refractivity contribution in [3.05, 3.63) is 29.8 Å². The summed E-state index contributed by atoms with van der Waals surface area (Å²) in [6, 6.07) is 9.03. The van der Waals surface area contributed by atoms with Gasteiger partial charge in [-0.15, -0.1) is 0 Å². The number of nitrogens with zero attached hydrogens (tertiary/aromatic N) is 3. The van der Waals surface area contributed by atoms with Gasteiger partial charge in [0, 0.05) is 46.0 Å². The highest BCUT2D eigenvalue weighted by Gasteiger charge is 2.35. The van der Waals surface area contributed by atoms with E-state index in [0.717, 1.165) is 0 Å². The molecule has 2 saturated heterocycles. The van der Waals surface area contributed by atoms with Crippen LogP contribution in [0.5, 0.6) is 0 Å². The molecule has 0 aliphatic carbocycles. The lowest BCUT2D eigenvalue weighted by Crippen LogP contribution is -2.37. The van der Waals surface area contributed by atoms with Crippen LogP contribution in [-0.4, -0.2) is 50.1 Å². The standard InChI is InChI=1S/C14H21N3/c1-15(2)13-6-4-12(5-7-13)14-16-8-3-9-17(14)11-10-16/h4-7,14H,3,8-11H2,1-2H3. The molecule has 0 spiro atoms. The van der Waals surface area contributed by atoms with Gasteiger partial charge in [-0.05, 0) is 24.1 Å². The van der Waals surface area contributed by atoms with Crippen LogP contribution in [0.1, 0.15) is 18.2 Å². The van der Waals surface area contributed by atoms with Crippen molar-refractivity contribution < 1.29 is 0 Å². The minimum atomic E-state index is 0.542. The van der Waals surface area contributed by atoms with Crippen LogP contribution in [0.2, 0.25) is 0 Å². The molecule has 2 bridgehead atoms. The molecule has 1 aromatic rings. The fraction of sp³-hybridized carbons (Fsp3) is 0.571. The molecular formula is C14H21N3. The summed E-state index contributed by atoms with van der Waals surface area (Å²) >= 11 is 0. The van der Waals surface area contributed by atoms with Gasteiger partial charge in [0.2, 0.25) is 0 Å². The third-order valence-electron chi connectivity index (χ3n) is 3.96. The molecule has 2 aliphatic rings. The van der Waals surface area contributed by atoms with Crippen molar-refractivity contribution in [3.63, 3.8) is 0 Å². The van der Waals surface area contributed by atoms with Crippen LogP contribution >= 0.6 is 0 Å². The van der Waals surface area contributed by atoms with E-state index >= 15 is 0 Å². The van der Waals surface area contributed by atoms with Gasteiger partial charge < -0.3 is 4.90 Å². The Bertz CT molecular complexity index is 369. The van der Waals surface area contributed by atoms with E-state index in [4.69, 9.17) is 0 Å². The van der Waals surface area contributed by atoms with E-state index in [-0.39, 0.29) is 0 Å². The number of anilines is 1. The predicted octanol–water partition coefficient (Wildman–Crippen LogP) is 1.77. The summed E-state index contributed by atoms with van der Waals surface area (Å²) in [6.07, 6.45) is 1.87. The lowest BCUT2D eigenvalue weighted by Gasteiger charge is -2.35. The Morgan fingerprint density at radius 2 is 1.53 bits per heavy atom.